The molecule has 0 fully saturated rings. The van der Waals surface area contributed by atoms with Crippen LogP contribution in [0, 0.1) is 11.8 Å². The van der Waals surface area contributed by atoms with E-state index in [-0.39, 0.29) is 6.10 Å². The highest BCUT2D eigenvalue weighted by Gasteiger charge is 2.13. The van der Waals surface area contributed by atoms with Gasteiger partial charge in [-0.05, 0) is 24.7 Å². The molecule has 0 saturated heterocycles. The van der Waals surface area contributed by atoms with E-state index in [1.807, 2.05) is 0 Å². The number of rotatable bonds is 6. The highest BCUT2D eigenvalue weighted by Crippen LogP contribution is 2.15. The van der Waals surface area contributed by atoms with Gasteiger partial charge in [0, 0.05) is 0 Å². The molecule has 0 bridgehead atoms. The molecule has 0 N–H and O–H groups in total. The second-order valence-corrected chi connectivity index (χ2v) is 4.08. The van der Waals surface area contributed by atoms with Crippen molar-refractivity contribution >= 4 is 6.47 Å². The Balaban J connectivity index is 3.77. The molecule has 71 valence electrons. The summed E-state index contributed by atoms with van der Waals surface area (Å²) in [5, 5.41) is 0. The van der Waals surface area contributed by atoms with Crippen LogP contribution in [0.3, 0.4) is 0 Å². The molecule has 0 rings (SSSR count). The summed E-state index contributed by atoms with van der Waals surface area (Å²) in [6.07, 6.45) is 1.93. The molecule has 0 aromatic rings. The predicted octanol–water partition coefficient (Wildman–Crippen LogP) is 2.53. The molecule has 0 heterocycles. The molecule has 12 heavy (non-hydrogen) atoms. The van der Waals surface area contributed by atoms with Gasteiger partial charge in [-0.2, -0.15) is 0 Å². The Hall–Kier alpha value is -0.530. The third-order valence-corrected chi connectivity index (χ3v) is 1.68. The van der Waals surface area contributed by atoms with Gasteiger partial charge in [0.1, 0.15) is 6.10 Å². The number of hydrogen-bond donors (Lipinski definition) is 0. The summed E-state index contributed by atoms with van der Waals surface area (Å²) < 4.78 is 4.86. The lowest BCUT2D eigenvalue weighted by atomic mass is 9.98. The first kappa shape index (κ1) is 11.5. The molecule has 0 aliphatic heterocycles. The molecule has 0 amide bonds. The molecule has 0 spiro atoms. The number of ether oxygens (including phenoxy) is 1. The van der Waals surface area contributed by atoms with Gasteiger partial charge in [0.05, 0.1) is 0 Å². The predicted molar refractivity (Wildman–Crippen MR) is 49.5 cm³/mol. The molecule has 0 aromatic carbocycles. The summed E-state index contributed by atoms with van der Waals surface area (Å²) in [4.78, 5) is 10.0. The van der Waals surface area contributed by atoms with Crippen molar-refractivity contribution in [3.63, 3.8) is 0 Å². The Labute approximate surface area is 75.3 Å². The van der Waals surface area contributed by atoms with E-state index in [1.54, 1.807) is 0 Å². The summed E-state index contributed by atoms with van der Waals surface area (Å²) in [6.45, 7) is 10.0. The second-order valence-electron chi connectivity index (χ2n) is 4.08. The van der Waals surface area contributed by atoms with Crippen molar-refractivity contribution in [2.75, 3.05) is 0 Å². The van der Waals surface area contributed by atoms with Crippen LogP contribution in [0.2, 0.25) is 0 Å². The van der Waals surface area contributed by atoms with Crippen LogP contribution < -0.4 is 0 Å². The van der Waals surface area contributed by atoms with E-state index in [2.05, 4.69) is 27.7 Å². The van der Waals surface area contributed by atoms with Gasteiger partial charge in [-0.1, -0.05) is 27.7 Å². The lowest BCUT2D eigenvalue weighted by Crippen LogP contribution is -2.17. The maximum atomic E-state index is 10.0. The summed E-state index contributed by atoms with van der Waals surface area (Å²) in [6, 6.07) is 0. The van der Waals surface area contributed by atoms with Crippen molar-refractivity contribution in [1.29, 1.82) is 0 Å². The zero-order chi connectivity index (χ0) is 9.56. The number of hydrogen-bond acceptors (Lipinski definition) is 2. The third kappa shape index (κ3) is 6.20. The fourth-order valence-electron chi connectivity index (χ4n) is 1.31. The van der Waals surface area contributed by atoms with Crippen LogP contribution in [0.4, 0.5) is 0 Å². The molecule has 2 heteroatoms. The van der Waals surface area contributed by atoms with Crippen molar-refractivity contribution in [3.8, 4) is 0 Å². The SMILES string of the molecule is CC(C)CC(CC(C)C)O[C]=O. The Morgan fingerprint density at radius 2 is 1.50 bits per heavy atom. The molecule has 2 nitrogen and oxygen atoms in total. The van der Waals surface area contributed by atoms with Crippen molar-refractivity contribution in [2.24, 2.45) is 11.8 Å². The molecular weight excluding hydrogens is 152 g/mol. The van der Waals surface area contributed by atoms with Crippen LogP contribution in [-0.2, 0) is 9.53 Å². The quantitative estimate of drug-likeness (QED) is 0.614. The first-order chi connectivity index (χ1) is 5.56. The summed E-state index contributed by atoms with van der Waals surface area (Å²) in [5.41, 5.74) is 0. The molecule has 0 aliphatic rings. The maximum absolute atomic E-state index is 10.0. The van der Waals surface area contributed by atoms with Gasteiger partial charge in [0.25, 0.3) is 0 Å². The number of carbonyl (C=O) groups excluding carboxylic acids is 1. The summed E-state index contributed by atoms with van der Waals surface area (Å²) in [5.74, 6) is 1.14. The summed E-state index contributed by atoms with van der Waals surface area (Å²) in [7, 11) is 0. The maximum Gasteiger partial charge on any atom is 0.417 e. The van der Waals surface area contributed by atoms with E-state index < -0.39 is 0 Å². The monoisotopic (exact) mass is 171 g/mol. The Morgan fingerprint density at radius 1 is 1.08 bits per heavy atom. The van der Waals surface area contributed by atoms with E-state index in [0.29, 0.717) is 11.8 Å². The lowest BCUT2D eigenvalue weighted by Gasteiger charge is -2.18. The molecule has 0 atom stereocenters. The zero-order valence-corrected chi connectivity index (χ0v) is 8.46. The molecule has 1 radical (unpaired) electrons. The Kier molecular flexibility index (Phi) is 5.77. The van der Waals surface area contributed by atoms with Crippen molar-refractivity contribution < 1.29 is 9.53 Å². The van der Waals surface area contributed by atoms with Crippen molar-refractivity contribution in [3.05, 3.63) is 0 Å². The largest absolute Gasteiger partial charge is 0.454 e. The average molecular weight is 171 g/mol. The van der Waals surface area contributed by atoms with Crippen LogP contribution in [0.1, 0.15) is 40.5 Å². The third-order valence-electron chi connectivity index (χ3n) is 1.68. The Morgan fingerprint density at radius 3 is 1.75 bits per heavy atom. The average Bonchev–Trinajstić information content (AvgIpc) is 1.84. The van der Waals surface area contributed by atoms with Crippen LogP contribution in [-0.4, -0.2) is 12.6 Å². The van der Waals surface area contributed by atoms with E-state index in [4.69, 9.17) is 4.74 Å². The lowest BCUT2D eigenvalue weighted by molar-refractivity contribution is 0.130. The fourth-order valence-corrected chi connectivity index (χ4v) is 1.31. The summed E-state index contributed by atoms with van der Waals surface area (Å²) >= 11 is 0. The van der Waals surface area contributed by atoms with Gasteiger partial charge in [0.15, 0.2) is 0 Å². The van der Waals surface area contributed by atoms with Crippen molar-refractivity contribution in [2.45, 2.75) is 46.6 Å². The molecule has 0 aliphatic carbocycles. The van der Waals surface area contributed by atoms with Crippen LogP contribution in [0.15, 0.2) is 0 Å². The van der Waals surface area contributed by atoms with Crippen LogP contribution in [0.5, 0.6) is 0 Å². The standard InChI is InChI=1S/C10H19O2/c1-8(2)5-10(12-7-11)6-9(3)4/h8-10H,5-6H2,1-4H3. The highest BCUT2D eigenvalue weighted by molar-refractivity contribution is 5.38. The molecule has 0 unspecified atom stereocenters. The van der Waals surface area contributed by atoms with E-state index in [0.717, 1.165) is 12.8 Å². The minimum atomic E-state index is 0.0579. The molecule has 0 aromatic heterocycles. The van der Waals surface area contributed by atoms with E-state index in [9.17, 15) is 4.79 Å². The van der Waals surface area contributed by atoms with Gasteiger partial charge in [0.2, 0.25) is 0 Å². The minimum Gasteiger partial charge on any atom is -0.454 e. The van der Waals surface area contributed by atoms with Gasteiger partial charge < -0.3 is 4.74 Å². The van der Waals surface area contributed by atoms with Gasteiger partial charge in [-0.15, -0.1) is 0 Å². The minimum absolute atomic E-state index is 0.0579. The van der Waals surface area contributed by atoms with Gasteiger partial charge in [-0.25, -0.2) is 4.79 Å². The van der Waals surface area contributed by atoms with Crippen LogP contribution >= 0.6 is 0 Å². The Bertz CT molecular complexity index is 109. The van der Waals surface area contributed by atoms with Gasteiger partial charge in [-0.3, -0.25) is 0 Å². The first-order valence-corrected chi connectivity index (χ1v) is 4.59. The second kappa shape index (κ2) is 6.04. The highest BCUT2D eigenvalue weighted by atomic mass is 16.5. The zero-order valence-electron chi connectivity index (χ0n) is 8.46. The topological polar surface area (TPSA) is 26.3 Å². The van der Waals surface area contributed by atoms with Crippen molar-refractivity contribution in [1.82, 2.24) is 0 Å². The van der Waals surface area contributed by atoms with Gasteiger partial charge >= 0.3 is 6.47 Å². The normalized spacial score (nSPS) is 11.2. The van der Waals surface area contributed by atoms with E-state index >= 15 is 0 Å². The van der Waals surface area contributed by atoms with Crippen LogP contribution in [0.25, 0.3) is 0 Å². The molecular formula is C10H19O2. The molecule has 0 saturated carbocycles. The van der Waals surface area contributed by atoms with E-state index in [1.165, 1.54) is 6.47 Å². The smallest absolute Gasteiger partial charge is 0.417 e. The first-order valence-electron chi connectivity index (χ1n) is 4.59. The fraction of sp³-hybridized carbons (Fsp3) is 0.900.